The van der Waals surface area contributed by atoms with Crippen LogP contribution in [-0.2, 0) is 4.79 Å². The number of hydrogen-bond acceptors (Lipinski definition) is 3. The predicted octanol–water partition coefficient (Wildman–Crippen LogP) is 1.32. The van der Waals surface area contributed by atoms with Gasteiger partial charge < -0.3 is 16.0 Å². The topological polar surface area (TPSA) is 75.4 Å². The van der Waals surface area contributed by atoms with Crippen LogP contribution < -0.4 is 11.1 Å². The van der Waals surface area contributed by atoms with Gasteiger partial charge in [-0.3, -0.25) is 9.59 Å². The van der Waals surface area contributed by atoms with Crippen molar-refractivity contribution in [1.29, 1.82) is 0 Å². The molecule has 3 N–H and O–H groups in total. The van der Waals surface area contributed by atoms with E-state index in [1.165, 1.54) is 0 Å². The first kappa shape index (κ1) is 13.9. The first-order valence-electron chi connectivity index (χ1n) is 7.49. The number of anilines is 1. The maximum absolute atomic E-state index is 12.7. The molecule has 2 aliphatic rings. The number of hydrogen-bond donors (Lipinski definition) is 2. The van der Waals surface area contributed by atoms with Crippen molar-refractivity contribution < 1.29 is 9.59 Å². The van der Waals surface area contributed by atoms with Gasteiger partial charge in [0, 0.05) is 36.8 Å². The maximum atomic E-state index is 12.7. The van der Waals surface area contributed by atoms with Crippen molar-refractivity contribution in [3.63, 3.8) is 0 Å². The summed E-state index contributed by atoms with van der Waals surface area (Å²) in [6.45, 7) is 3.34. The molecule has 1 aromatic rings. The summed E-state index contributed by atoms with van der Waals surface area (Å²) in [6, 6.07) is 5.69. The monoisotopic (exact) mass is 287 g/mol. The van der Waals surface area contributed by atoms with Crippen LogP contribution in [0.3, 0.4) is 0 Å². The van der Waals surface area contributed by atoms with E-state index in [1.54, 1.807) is 6.07 Å². The van der Waals surface area contributed by atoms with Crippen LogP contribution in [0.25, 0.3) is 0 Å². The van der Waals surface area contributed by atoms with E-state index in [0.717, 1.165) is 24.9 Å². The van der Waals surface area contributed by atoms with Crippen LogP contribution in [0.5, 0.6) is 0 Å². The van der Waals surface area contributed by atoms with Gasteiger partial charge in [0.15, 0.2) is 0 Å². The molecule has 112 valence electrons. The molecule has 2 fully saturated rings. The molecule has 1 aromatic carbocycles. The quantitative estimate of drug-likeness (QED) is 0.765. The molecule has 0 saturated carbocycles. The summed E-state index contributed by atoms with van der Waals surface area (Å²) >= 11 is 0. The van der Waals surface area contributed by atoms with Gasteiger partial charge in [0.1, 0.15) is 0 Å². The average molecular weight is 287 g/mol. The number of nitrogens with one attached hydrogen (secondary N) is 1. The second-order valence-electron chi connectivity index (χ2n) is 6.09. The number of benzene rings is 1. The van der Waals surface area contributed by atoms with Crippen LogP contribution in [0.4, 0.5) is 5.69 Å². The highest BCUT2D eigenvalue weighted by atomic mass is 16.2. The van der Waals surface area contributed by atoms with E-state index in [9.17, 15) is 9.59 Å². The minimum Gasteiger partial charge on any atom is -0.399 e. The number of nitrogen functional groups attached to an aromatic ring is 1. The van der Waals surface area contributed by atoms with Gasteiger partial charge in [-0.05, 0) is 43.4 Å². The van der Waals surface area contributed by atoms with E-state index in [1.807, 2.05) is 24.0 Å². The van der Waals surface area contributed by atoms with Gasteiger partial charge >= 0.3 is 0 Å². The lowest BCUT2D eigenvalue weighted by Crippen LogP contribution is -2.55. The summed E-state index contributed by atoms with van der Waals surface area (Å²) in [7, 11) is 0. The number of carbonyl (C=O) groups is 2. The Balaban J connectivity index is 1.74. The molecular formula is C16H21N3O2. The molecule has 0 aliphatic carbocycles. The van der Waals surface area contributed by atoms with E-state index >= 15 is 0 Å². The first-order valence-corrected chi connectivity index (χ1v) is 7.49. The zero-order valence-electron chi connectivity index (χ0n) is 12.3. The molecule has 0 aromatic heterocycles. The van der Waals surface area contributed by atoms with Crippen LogP contribution in [-0.4, -0.2) is 35.8 Å². The summed E-state index contributed by atoms with van der Waals surface area (Å²) in [4.78, 5) is 26.0. The van der Waals surface area contributed by atoms with Crippen LogP contribution >= 0.6 is 0 Å². The van der Waals surface area contributed by atoms with E-state index in [2.05, 4.69) is 5.32 Å². The highest BCUT2D eigenvalue weighted by molar-refractivity contribution is 5.96. The van der Waals surface area contributed by atoms with E-state index in [0.29, 0.717) is 30.1 Å². The third kappa shape index (κ3) is 2.73. The molecule has 2 unspecified atom stereocenters. The molecule has 0 bridgehead atoms. The van der Waals surface area contributed by atoms with Crippen LogP contribution in [0.2, 0.25) is 0 Å². The highest BCUT2D eigenvalue weighted by Gasteiger charge is 2.35. The van der Waals surface area contributed by atoms with Gasteiger partial charge in [-0.1, -0.05) is 6.07 Å². The minimum absolute atomic E-state index is 0.0511. The molecule has 0 spiro atoms. The zero-order chi connectivity index (χ0) is 15.0. The van der Waals surface area contributed by atoms with E-state index < -0.39 is 0 Å². The Hall–Kier alpha value is -2.04. The normalized spacial score (nSPS) is 25.2. The fourth-order valence-electron chi connectivity index (χ4n) is 3.33. The molecule has 2 aliphatic heterocycles. The summed E-state index contributed by atoms with van der Waals surface area (Å²) in [5.74, 6) is 0.569. The summed E-state index contributed by atoms with van der Waals surface area (Å²) < 4.78 is 0. The molecule has 2 amide bonds. The van der Waals surface area contributed by atoms with Gasteiger partial charge in [-0.2, -0.15) is 0 Å². The smallest absolute Gasteiger partial charge is 0.254 e. The number of nitrogens with two attached hydrogens (primary N) is 1. The van der Waals surface area contributed by atoms with Gasteiger partial charge in [0.25, 0.3) is 5.91 Å². The third-order valence-corrected chi connectivity index (χ3v) is 4.60. The predicted molar refractivity (Wildman–Crippen MR) is 80.8 cm³/mol. The fourth-order valence-corrected chi connectivity index (χ4v) is 3.33. The van der Waals surface area contributed by atoms with E-state index in [-0.39, 0.29) is 17.9 Å². The van der Waals surface area contributed by atoms with Crippen molar-refractivity contribution in [1.82, 2.24) is 10.2 Å². The first-order chi connectivity index (χ1) is 10.0. The number of piperidine rings is 2. The number of amides is 2. The van der Waals surface area contributed by atoms with Crippen molar-refractivity contribution in [3.05, 3.63) is 29.3 Å². The van der Waals surface area contributed by atoms with Crippen LogP contribution in [0.15, 0.2) is 18.2 Å². The molecule has 3 rings (SSSR count). The average Bonchev–Trinajstić information content (AvgIpc) is 2.48. The Labute approximate surface area is 124 Å². The Morgan fingerprint density at radius 3 is 3.00 bits per heavy atom. The molecule has 2 saturated heterocycles. The second-order valence-corrected chi connectivity index (χ2v) is 6.09. The van der Waals surface area contributed by atoms with Gasteiger partial charge in [-0.15, -0.1) is 0 Å². The number of likely N-dealkylation sites (tertiary alicyclic amines) is 1. The molecule has 0 radical (unpaired) electrons. The molecular weight excluding hydrogens is 266 g/mol. The fraction of sp³-hybridized carbons (Fsp3) is 0.500. The number of nitrogens with zero attached hydrogens (tertiary/aromatic N) is 1. The lowest BCUT2D eigenvalue weighted by Gasteiger charge is -2.41. The molecule has 5 nitrogen and oxygen atoms in total. The third-order valence-electron chi connectivity index (χ3n) is 4.60. The Morgan fingerprint density at radius 1 is 1.38 bits per heavy atom. The summed E-state index contributed by atoms with van der Waals surface area (Å²) in [5.41, 5.74) is 8.05. The lowest BCUT2D eigenvalue weighted by molar-refractivity contribution is -0.125. The Kier molecular flexibility index (Phi) is 3.57. The molecule has 5 heteroatoms. The van der Waals surface area contributed by atoms with Gasteiger partial charge in [0.2, 0.25) is 5.91 Å². The van der Waals surface area contributed by atoms with Crippen LogP contribution in [0.1, 0.15) is 35.2 Å². The highest BCUT2D eigenvalue weighted by Crippen LogP contribution is 2.27. The zero-order valence-corrected chi connectivity index (χ0v) is 12.3. The van der Waals surface area contributed by atoms with Crippen molar-refractivity contribution in [2.24, 2.45) is 5.92 Å². The second kappa shape index (κ2) is 5.39. The summed E-state index contributed by atoms with van der Waals surface area (Å²) in [5, 5.41) is 3.04. The number of aryl methyl sites for hydroxylation is 1. The number of fused-ring (bicyclic) bond motifs is 1. The molecule has 2 heterocycles. The number of rotatable bonds is 1. The molecule has 2 atom stereocenters. The van der Waals surface area contributed by atoms with Crippen molar-refractivity contribution in [3.8, 4) is 0 Å². The van der Waals surface area contributed by atoms with Gasteiger partial charge in [-0.25, -0.2) is 0 Å². The standard InChI is InChI=1S/C16H21N3O2/c1-10-2-4-12(17)8-13(10)16(21)19-7-6-14-11(9-19)3-5-15(20)18-14/h2,4,8,11,14H,3,5-7,9,17H2,1H3,(H,18,20). The minimum atomic E-state index is 0.0511. The largest absolute Gasteiger partial charge is 0.399 e. The van der Waals surface area contributed by atoms with Crippen molar-refractivity contribution in [2.45, 2.75) is 32.2 Å². The SMILES string of the molecule is Cc1ccc(N)cc1C(=O)N1CCC2NC(=O)CCC2C1. The molecule has 21 heavy (non-hydrogen) atoms. The Morgan fingerprint density at radius 2 is 2.19 bits per heavy atom. The summed E-state index contributed by atoms with van der Waals surface area (Å²) in [6.07, 6.45) is 2.28. The lowest BCUT2D eigenvalue weighted by atomic mass is 9.85. The van der Waals surface area contributed by atoms with Crippen molar-refractivity contribution in [2.75, 3.05) is 18.8 Å². The Bertz CT molecular complexity index is 585. The van der Waals surface area contributed by atoms with E-state index in [4.69, 9.17) is 5.73 Å². The van der Waals surface area contributed by atoms with Gasteiger partial charge in [0.05, 0.1) is 0 Å². The van der Waals surface area contributed by atoms with Crippen molar-refractivity contribution >= 4 is 17.5 Å². The number of carbonyl (C=O) groups excluding carboxylic acids is 2. The maximum Gasteiger partial charge on any atom is 0.254 e. The van der Waals surface area contributed by atoms with Crippen LogP contribution in [0, 0.1) is 12.8 Å².